The van der Waals surface area contributed by atoms with Crippen LogP contribution in [0, 0.1) is 5.41 Å². The normalized spacial score (nSPS) is 12.0. The number of hydrogen-bond donors (Lipinski definition) is 1. The van der Waals surface area contributed by atoms with E-state index >= 15 is 0 Å². The Hall–Kier alpha value is -2.62. The third-order valence-corrected chi connectivity index (χ3v) is 5.01. The fourth-order valence-corrected chi connectivity index (χ4v) is 3.03. The molecule has 3 aromatic rings. The van der Waals surface area contributed by atoms with Crippen LogP contribution in [0.15, 0.2) is 48.5 Å². The molecule has 1 N–H and O–H groups in total. The van der Waals surface area contributed by atoms with Gasteiger partial charge in [0.05, 0.1) is 16.4 Å². The summed E-state index contributed by atoms with van der Waals surface area (Å²) in [4.78, 5) is 16.4. The molecule has 3 rings (SSSR count). The van der Waals surface area contributed by atoms with E-state index in [4.69, 9.17) is 4.98 Å². The Balaban J connectivity index is 2.12. The van der Waals surface area contributed by atoms with E-state index in [1.807, 2.05) is 30.3 Å². The van der Waals surface area contributed by atoms with E-state index in [0.29, 0.717) is 18.9 Å². The quantitative estimate of drug-likeness (QED) is 0.654. The Morgan fingerprint density at radius 2 is 1.85 bits per heavy atom. The van der Waals surface area contributed by atoms with Gasteiger partial charge in [0.25, 0.3) is 0 Å². The number of nitrogens with zero attached hydrogens (tertiary/aromatic N) is 2. The molecular formula is C22H26N2O2. The Labute approximate surface area is 154 Å². The Morgan fingerprint density at radius 3 is 2.46 bits per heavy atom. The second-order valence-corrected chi connectivity index (χ2v) is 7.79. The van der Waals surface area contributed by atoms with Gasteiger partial charge in [0, 0.05) is 12.1 Å². The summed E-state index contributed by atoms with van der Waals surface area (Å²) in [6.07, 6.45) is 0.541. The standard InChI is InChI=1S/C22H26N2O2/c1-15(2)17-10-11-18-19(14-17)24(13-12-22(3,4)21(25)26)20(23-18)16-8-6-5-7-9-16/h5-11,14-15H,12-13H2,1-4H3,(H,25,26). The zero-order valence-corrected chi connectivity index (χ0v) is 15.9. The van der Waals surface area contributed by atoms with Gasteiger partial charge in [0.2, 0.25) is 0 Å². The highest BCUT2D eigenvalue weighted by Gasteiger charge is 2.27. The first-order valence-corrected chi connectivity index (χ1v) is 9.08. The second kappa shape index (κ2) is 6.94. The average Bonchev–Trinajstić information content (AvgIpc) is 2.98. The lowest BCUT2D eigenvalue weighted by molar-refractivity contribution is -0.147. The highest BCUT2D eigenvalue weighted by Crippen LogP contribution is 2.30. The minimum absolute atomic E-state index is 0.429. The topological polar surface area (TPSA) is 55.1 Å². The summed E-state index contributed by atoms with van der Waals surface area (Å²) in [5, 5.41) is 9.46. The molecule has 4 nitrogen and oxygen atoms in total. The highest BCUT2D eigenvalue weighted by atomic mass is 16.4. The molecular weight excluding hydrogens is 324 g/mol. The number of benzene rings is 2. The summed E-state index contributed by atoms with van der Waals surface area (Å²) in [6, 6.07) is 16.5. The van der Waals surface area contributed by atoms with Gasteiger partial charge in [-0.1, -0.05) is 50.2 Å². The van der Waals surface area contributed by atoms with Crippen LogP contribution in [0.3, 0.4) is 0 Å². The largest absolute Gasteiger partial charge is 0.481 e. The minimum atomic E-state index is -0.778. The first-order chi connectivity index (χ1) is 12.3. The van der Waals surface area contributed by atoms with Crippen LogP contribution in [-0.2, 0) is 11.3 Å². The molecule has 2 aromatic carbocycles. The van der Waals surface area contributed by atoms with Crippen molar-refractivity contribution in [2.45, 2.75) is 46.6 Å². The smallest absolute Gasteiger partial charge is 0.309 e. The predicted octanol–water partition coefficient (Wildman–Crippen LogP) is 5.33. The van der Waals surface area contributed by atoms with Crippen molar-refractivity contribution in [3.05, 3.63) is 54.1 Å². The van der Waals surface area contributed by atoms with E-state index in [2.05, 4.69) is 36.6 Å². The van der Waals surface area contributed by atoms with Crippen LogP contribution in [0.4, 0.5) is 0 Å². The van der Waals surface area contributed by atoms with E-state index in [0.717, 1.165) is 22.4 Å². The molecule has 0 aliphatic rings. The van der Waals surface area contributed by atoms with Gasteiger partial charge in [-0.15, -0.1) is 0 Å². The molecule has 26 heavy (non-hydrogen) atoms. The van der Waals surface area contributed by atoms with Gasteiger partial charge in [-0.05, 0) is 43.9 Å². The average molecular weight is 350 g/mol. The van der Waals surface area contributed by atoms with Crippen LogP contribution in [-0.4, -0.2) is 20.6 Å². The number of carboxylic acids is 1. The lowest BCUT2D eigenvalue weighted by Gasteiger charge is -2.20. The van der Waals surface area contributed by atoms with Crippen LogP contribution in [0.2, 0.25) is 0 Å². The van der Waals surface area contributed by atoms with Crippen molar-refractivity contribution in [1.82, 2.24) is 9.55 Å². The summed E-state index contributed by atoms with van der Waals surface area (Å²) in [5.41, 5.74) is 3.54. The molecule has 4 heteroatoms. The van der Waals surface area contributed by atoms with Gasteiger partial charge in [-0.2, -0.15) is 0 Å². The monoisotopic (exact) mass is 350 g/mol. The van der Waals surface area contributed by atoms with E-state index in [1.54, 1.807) is 13.8 Å². The summed E-state index contributed by atoms with van der Waals surface area (Å²) in [6.45, 7) is 8.51. The minimum Gasteiger partial charge on any atom is -0.481 e. The number of carboxylic acid groups (broad SMARTS) is 1. The molecule has 0 radical (unpaired) electrons. The van der Waals surface area contributed by atoms with E-state index < -0.39 is 11.4 Å². The molecule has 136 valence electrons. The molecule has 0 aliphatic heterocycles. The zero-order chi connectivity index (χ0) is 18.9. The van der Waals surface area contributed by atoms with E-state index in [-0.39, 0.29) is 0 Å². The lowest BCUT2D eigenvalue weighted by atomic mass is 9.89. The van der Waals surface area contributed by atoms with E-state index in [1.165, 1.54) is 5.56 Å². The number of carbonyl (C=O) groups is 1. The number of rotatable bonds is 6. The maximum Gasteiger partial charge on any atom is 0.309 e. The van der Waals surface area contributed by atoms with Crippen molar-refractivity contribution in [3.8, 4) is 11.4 Å². The zero-order valence-electron chi connectivity index (χ0n) is 15.9. The third-order valence-electron chi connectivity index (χ3n) is 5.01. The van der Waals surface area contributed by atoms with Crippen LogP contribution >= 0.6 is 0 Å². The van der Waals surface area contributed by atoms with Crippen molar-refractivity contribution in [1.29, 1.82) is 0 Å². The molecule has 1 heterocycles. The van der Waals surface area contributed by atoms with Gasteiger partial charge in [0.1, 0.15) is 5.82 Å². The van der Waals surface area contributed by atoms with Crippen LogP contribution in [0.25, 0.3) is 22.4 Å². The van der Waals surface area contributed by atoms with Gasteiger partial charge >= 0.3 is 5.97 Å². The molecule has 0 amide bonds. The number of hydrogen-bond acceptors (Lipinski definition) is 2. The summed E-state index contributed by atoms with van der Waals surface area (Å²) in [7, 11) is 0. The van der Waals surface area contributed by atoms with Crippen molar-refractivity contribution in [3.63, 3.8) is 0 Å². The molecule has 0 saturated carbocycles. The highest BCUT2D eigenvalue weighted by molar-refractivity contribution is 5.81. The molecule has 0 spiro atoms. The molecule has 1 aromatic heterocycles. The SMILES string of the molecule is CC(C)c1ccc2nc(-c3ccccc3)n(CCC(C)(C)C(=O)O)c2c1. The maximum absolute atomic E-state index is 11.5. The first-order valence-electron chi connectivity index (χ1n) is 9.08. The number of aryl methyl sites for hydroxylation is 1. The summed E-state index contributed by atoms with van der Waals surface area (Å²) in [5.74, 6) is 0.548. The van der Waals surface area contributed by atoms with Crippen molar-refractivity contribution < 1.29 is 9.90 Å². The Morgan fingerprint density at radius 1 is 1.15 bits per heavy atom. The summed E-state index contributed by atoms with van der Waals surface area (Å²) >= 11 is 0. The number of fused-ring (bicyclic) bond motifs is 1. The number of aromatic nitrogens is 2. The van der Waals surface area contributed by atoms with E-state index in [9.17, 15) is 9.90 Å². The first kappa shape index (κ1) is 18.2. The van der Waals surface area contributed by atoms with Gasteiger partial charge < -0.3 is 9.67 Å². The fourth-order valence-electron chi connectivity index (χ4n) is 3.03. The molecule has 0 bridgehead atoms. The van der Waals surface area contributed by atoms with Crippen LogP contribution in [0.1, 0.15) is 45.6 Å². The van der Waals surface area contributed by atoms with Crippen molar-refractivity contribution >= 4 is 17.0 Å². The maximum atomic E-state index is 11.5. The third kappa shape index (κ3) is 3.50. The summed E-state index contributed by atoms with van der Waals surface area (Å²) < 4.78 is 2.17. The molecule has 0 fully saturated rings. The lowest BCUT2D eigenvalue weighted by Crippen LogP contribution is -2.25. The predicted molar refractivity (Wildman–Crippen MR) is 105 cm³/mol. The number of aliphatic carboxylic acids is 1. The van der Waals surface area contributed by atoms with Gasteiger partial charge in [0.15, 0.2) is 0 Å². The van der Waals surface area contributed by atoms with Crippen LogP contribution in [0.5, 0.6) is 0 Å². The second-order valence-electron chi connectivity index (χ2n) is 7.79. The Kier molecular flexibility index (Phi) is 4.86. The number of imidazole rings is 1. The van der Waals surface area contributed by atoms with Crippen molar-refractivity contribution in [2.24, 2.45) is 5.41 Å². The van der Waals surface area contributed by atoms with Gasteiger partial charge in [-0.25, -0.2) is 4.98 Å². The molecule has 0 saturated heterocycles. The molecule has 0 aliphatic carbocycles. The van der Waals surface area contributed by atoms with Crippen molar-refractivity contribution in [2.75, 3.05) is 0 Å². The van der Waals surface area contributed by atoms with Crippen LogP contribution < -0.4 is 0 Å². The fraction of sp³-hybridized carbons (Fsp3) is 0.364. The van der Waals surface area contributed by atoms with Gasteiger partial charge in [-0.3, -0.25) is 4.79 Å². The molecule has 0 unspecified atom stereocenters. The molecule has 0 atom stereocenters. The Bertz CT molecular complexity index is 924.